The molecule has 16 heavy (non-hydrogen) atoms. The van der Waals surface area contributed by atoms with Crippen LogP contribution in [0.5, 0.6) is 0 Å². The molecule has 0 aliphatic heterocycles. The molecule has 1 atom stereocenters. The number of carboxylic acids is 1. The zero-order chi connectivity index (χ0) is 12.5. The first kappa shape index (κ1) is 12.7. The maximum absolute atomic E-state index is 10.7. The number of benzene rings is 1. The van der Waals surface area contributed by atoms with E-state index in [2.05, 4.69) is 0 Å². The van der Waals surface area contributed by atoms with Crippen molar-refractivity contribution in [1.82, 2.24) is 0 Å². The Kier molecular flexibility index (Phi) is 3.38. The Morgan fingerprint density at radius 3 is 2.19 bits per heavy atom. The Morgan fingerprint density at radius 1 is 1.19 bits per heavy atom. The molecular formula is C13H18O3. The SMILES string of the molecule is Cc1cc(C)c(C(C)(O)CC(=O)O)cc1C. The Labute approximate surface area is 95.7 Å². The van der Waals surface area contributed by atoms with Crippen molar-refractivity contribution in [3.8, 4) is 0 Å². The monoisotopic (exact) mass is 222 g/mol. The number of hydrogen-bond donors (Lipinski definition) is 2. The molecule has 3 heteroatoms. The van der Waals surface area contributed by atoms with Gasteiger partial charge in [0.25, 0.3) is 0 Å². The number of rotatable bonds is 3. The lowest BCUT2D eigenvalue weighted by molar-refractivity contribution is -0.142. The maximum Gasteiger partial charge on any atom is 0.306 e. The molecule has 0 aromatic heterocycles. The van der Waals surface area contributed by atoms with Crippen LogP contribution in [0.3, 0.4) is 0 Å². The molecule has 1 aromatic carbocycles. The first-order valence-electron chi connectivity index (χ1n) is 5.26. The number of aliphatic carboxylic acids is 1. The summed E-state index contributed by atoms with van der Waals surface area (Å²) in [5, 5.41) is 18.9. The van der Waals surface area contributed by atoms with E-state index in [4.69, 9.17) is 5.11 Å². The second kappa shape index (κ2) is 4.26. The second-order valence-electron chi connectivity index (χ2n) is 4.60. The fourth-order valence-corrected chi connectivity index (χ4v) is 1.93. The van der Waals surface area contributed by atoms with E-state index in [1.54, 1.807) is 0 Å². The molecule has 0 aliphatic carbocycles. The molecule has 0 spiro atoms. The van der Waals surface area contributed by atoms with E-state index in [9.17, 15) is 9.90 Å². The minimum absolute atomic E-state index is 0.281. The van der Waals surface area contributed by atoms with Gasteiger partial charge >= 0.3 is 5.97 Å². The molecule has 0 radical (unpaired) electrons. The number of carboxylic acid groups (broad SMARTS) is 1. The molecule has 0 amide bonds. The maximum atomic E-state index is 10.7. The van der Waals surface area contributed by atoms with Gasteiger partial charge in [0.05, 0.1) is 12.0 Å². The van der Waals surface area contributed by atoms with Crippen molar-refractivity contribution in [3.63, 3.8) is 0 Å². The first-order valence-corrected chi connectivity index (χ1v) is 5.26. The highest BCUT2D eigenvalue weighted by Crippen LogP contribution is 2.29. The van der Waals surface area contributed by atoms with Gasteiger partial charge in [-0.05, 0) is 49.9 Å². The Morgan fingerprint density at radius 2 is 1.69 bits per heavy atom. The minimum atomic E-state index is -1.31. The number of hydrogen-bond acceptors (Lipinski definition) is 2. The summed E-state index contributed by atoms with van der Waals surface area (Å²) >= 11 is 0. The smallest absolute Gasteiger partial charge is 0.306 e. The van der Waals surface area contributed by atoms with Gasteiger partial charge in [0.2, 0.25) is 0 Å². The van der Waals surface area contributed by atoms with E-state index in [0.717, 1.165) is 16.7 Å². The molecule has 88 valence electrons. The molecule has 1 unspecified atom stereocenters. The molecule has 1 rings (SSSR count). The van der Waals surface area contributed by atoms with Crippen LogP contribution in [0.2, 0.25) is 0 Å². The molecule has 0 saturated carbocycles. The van der Waals surface area contributed by atoms with Crippen LogP contribution in [0.1, 0.15) is 35.6 Å². The van der Waals surface area contributed by atoms with Crippen LogP contribution in [0, 0.1) is 20.8 Å². The molecule has 0 bridgehead atoms. The number of aliphatic hydroxyl groups is 1. The fraction of sp³-hybridized carbons (Fsp3) is 0.462. The van der Waals surface area contributed by atoms with Crippen LogP contribution >= 0.6 is 0 Å². The predicted octanol–water partition coefficient (Wildman–Crippen LogP) is 2.29. The van der Waals surface area contributed by atoms with Crippen LogP contribution in [-0.4, -0.2) is 16.2 Å². The summed E-state index contributed by atoms with van der Waals surface area (Å²) in [4.78, 5) is 10.7. The van der Waals surface area contributed by atoms with Crippen molar-refractivity contribution in [2.24, 2.45) is 0 Å². The van der Waals surface area contributed by atoms with Gasteiger partial charge in [0, 0.05) is 0 Å². The predicted molar refractivity (Wildman–Crippen MR) is 62.5 cm³/mol. The molecule has 0 fully saturated rings. The van der Waals surface area contributed by atoms with E-state index in [1.165, 1.54) is 6.92 Å². The number of carbonyl (C=O) groups is 1. The van der Waals surface area contributed by atoms with Gasteiger partial charge in [-0.3, -0.25) is 4.79 Å². The highest BCUT2D eigenvalue weighted by molar-refractivity contribution is 5.68. The summed E-state index contributed by atoms with van der Waals surface area (Å²) in [6, 6.07) is 3.84. The highest BCUT2D eigenvalue weighted by Gasteiger charge is 2.28. The van der Waals surface area contributed by atoms with Crippen molar-refractivity contribution >= 4 is 5.97 Å². The lowest BCUT2D eigenvalue weighted by Crippen LogP contribution is -2.26. The van der Waals surface area contributed by atoms with Gasteiger partial charge in [-0.2, -0.15) is 0 Å². The van der Waals surface area contributed by atoms with Crippen molar-refractivity contribution in [3.05, 3.63) is 34.4 Å². The third-order valence-electron chi connectivity index (χ3n) is 2.92. The Hall–Kier alpha value is -1.35. The quantitative estimate of drug-likeness (QED) is 0.825. The minimum Gasteiger partial charge on any atom is -0.481 e. The van der Waals surface area contributed by atoms with Crippen LogP contribution in [-0.2, 0) is 10.4 Å². The number of aryl methyl sites for hydroxylation is 3. The zero-order valence-electron chi connectivity index (χ0n) is 10.2. The van der Waals surface area contributed by atoms with Gasteiger partial charge in [0.1, 0.15) is 0 Å². The van der Waals surface area contributed by atoms with Crippen LogP contribution in [0.15, 0.2) is 12.1 Å². The summed E-state index contributed by atoms with van der Waals surface area (Å²) in [6.07, 6.45) is -0.281. The van der Waals surface area contributed by atoms with Crippen molar-refractivity contribution in [2.75, 3.05) is 0 Å². The van der Waals surface area contributed by atoms with E-state index in [1.807, 2.05) is 32.9 Å². The van der Waals surface area contributed by atoms with Gasteiger partial charge in [-0.1, -0.05) is 12.1 Å². The van der Waals surface area contributed by atoms with E-state index < -0.39 is 11.6 Å². The van der Waals surface area contributed by atoms with Crippen molar-refractivity contribution in [2.45, 2.75) is 39.7 Å². The normalized spacial score (nSPS) is 14.6. The van der Waals surface area contributed by atoms with Gasteiger partial charge in [0.15, 0.2) is 0 Å². The summed E-state index contributed by atoms with van der Waals surface area (Å²) < 4.78 is 0. The first-order chi connectivity index (χ1) is 7.24. The van der Waals surface area contributed by atoms with Crippen molar-refractivity contribution < 1.29 is 15.0 Å². The summed E-state index contributed by atoms with van der Waals surface area (Å²) in [7, 11) is 0. The zero-order valence-corrected chi connectivity index (χ0v) is 10.2. The lowest BCUT2D eigenvalue weighted by Gasteiger charge is -2.25. The van der Waals surface area contributed by atoms with Gasteiger partial charge in [-0.25, -0.2) is 0 Å². The molecule has 0 heterocycles. The molecule has 3 nitrogen and oxygen atoms in total. The van der Waals surface area contributed by atoms with E-state index in [-0.39, 0.29) is 6.42 Å². The van der Waals surface area contributed by atoms with Gasteiger partial charge in [-0.15, -0.1) is 0 Å². The fourth-order valence-electron chi connectivity index (χ4n) is 1.93. The Bertz CT molecular complexity index is 419. The van der Waals surface area contributed by atoms with Crippen LogP contribution in [0.4, 0.5) is 0 Å². The highest BCUT2D eigenvalue weighted by atomic mass is 16.4. The lowest BCUT2D eigenvalue weighted by atomic mass is 9.87. The molecule has 0 saturated heterocycles. The molecule has 0 aliphatic rings. The molecule has 2 N–H and O–H groups in total. The summed E-state index contributed by atoms with van der Waals surface area (Å²) in [5.74, 6) is -0.998. The summed E-state index contributed by atoms with van der Waals surface area (Å²) in [6.45, 7) is 7.38. The van der Waals surface area contributed by atoms with E-state index >= 15 is 0 Å². The Balaban J connectivity index is 3.22. The van der Waals surface area contributed by atoms with Crippen LogP contribution < -0.4 is 0 Å². The van der Waals surface area contributed by atoms with Crippen molar-refractivity contribution in [1.29, 1.82) is 0 Å². The third kappa shape index (κ3) is 2.61. The topological polar surface area (TPSA) is 57.5 Å². The second-order valence-corrected chi connectivity index (χ2v) is 4.60. The molecular weight excluding hydrogens is 204 g/mol. The summed E-state index contributed by atoms with van der Waals surface area (Å²) in [5.41, 5.74) is 2.51. The van der Waals surface area contributed by atoms with Crippen LogP contribution in [0.25, 0.3) is 0 Å². The van der Waals surface area contributed by atoms with E-state index in [0.29, 0.717) is 5.56 Å². The average Bonchev–Trinajstić information content (AvgIpc) is 2.08. The standard InChI is InChI=1S/C13H18O3/c1-8-5-10(3)11(6-9(8)2)13(4,16)7-12(14)15/h5-6,16H,7H2,1-4H3,(H,14,15). The molecule has 1 aromatic rings. The average molecular weight is 222 g/mol. The van der Waals surface area contributed by atoms with Gasteiger partial charge < -0.3 is 10.2 Å². The largest absolute Gasteiger partial charge is 0.481 e. The third-order valence-corrected chi connectivity index (χ3v) is 2.92.